The fourth-order valence-electron chi connectivity index (χ4n) is 2.48. The predicted octanol–water partition coefficient (Wildman–Crippen LogP) is 1.03. The van der Waals surface area contributed by atoms with Crippen molar-refractivity contribution in [3.8, 4) is 0 Å². The summed E-state index contributed by atoms with van der Waals surface area (Å²) in [6.07, 6.45) is 1.38. The van der Waals surface area contributed by atoms with Gasteiger partial charge < -0.3 is 19.6 Å². The van der Waals surface area contributed by atoms with Crippen LogP contribution in [-0.2, 0) is 4.74 Å². The summed E-state index contributed by atoms with van der Waals surface area (Å²) in [5.74, 6) is 0.920. The van der Waals surface area contributed by atoms with Gasteiger partial charge in [-0.1, -0.05) is 13.8 Å². The van der Waals surface area contributed by atoms with E-state index in [4.69, 9.17) is 4.74 Å². The summed E-state index contributed by atoms with van der Waals surface area (Å²) in [7, 11) is 7.92. The van der Waals surface area contributed by atoms with Crippen LogP contribution in [0, 0.1) is 5.41 Å². The van der Waals surface area contributed by atoms with Crippen LogP contribution in [0.3, 0.4) is 0 Å². The lowest BCUT2D eigenvalue weighted by Gasteiger charge is -2.44. The zero-order valence-electron chi connectivity index (χ0n) is 13.2. The van der Waals surface area contributed by atoms with E-state index >= 15 is 0 Å². The summed E-state index contributed by atoms with van der Waals surface area (Å²) in [6, 6.07) is 0. The maximum Gasteiger partial charge on any atom is 0.195 e. The first kappa shape index (κ1) is 16.2. The third kappa shape index (κ3) is 3.83. The lowest BCUT2D eigenvalue weighted by molar-refractivity contribution is -0.128. The van der Waals surface area contributed by atoms with Crippen molar-refractivity contribution in [1.82, 2.24) is 9.80 Å². The molecule has 0 aliphatic carbocycles. The van der Waals surface area contributed by atoms with Gasteiger partial charge in [-0.25, -0.2) is 0 Å². The molecule has 0 saturated carbocycles. The molecule has 0 atom stereocenters. The van der Waals surface area contributed by atoms with Gasteiger partial charge in [0.05, 0.1) is 12.1 Å². The van der Waals surface area contributed by atoms with Gasteiger partial charge in [0.15, 0.2) is 5.96 Å². The molecule has 5 nitrogen and oxygen atoms in total. The van der Waals surface area contributed by atoms with Crippen molar-refractivity contribution in [2.75, 3.05) is 47.9 Å². The second-order valence-electron chi connectivity index (χ2n) is 6.43. The number of nitrogens with zero attached hydrogens (tertiary/aromatic N) is 3. The van der Waals surface area contributed by atoms with Crippen LogP contribution in [0.5, 0.6) is 0 Å². The van der Waals surface area contributed by atoms with Crippen molar-refractivity contribution < 1.29 is 9.84 Å². The standard InChI is InChI=1S/C14H29N3O2/c1-13(2,14(18)7-9-19-10-8-14)11-15-12(16(3)4)17(5)6/h18H,7-11H2,1-6H3. The van der Waals surface area contributed by atoms with Gasteiger partial charge in [-0.05, 0) is 0 Å². The van der Waals surface area contributed by atoms with E-state index in [0.29, 0.717) is 32.6 Å². The zero-order chi connectivity index (χ0) is 14.7. The normalized spacial score (nSPS) is 18.9. The van der Waals surface area contributed by atoms with Gasteiger partial charge in [0.25, 0.3) is 0 Å². The van der Waals surface area contributed by atoms with E-state index < -0.39 is 5.60 Å². The largest absolute Gasteiger partial charge is 0.389 e. The molecule has 0 aromatic heterocycles. The van der Waals surface area contributed by atoms with E-state index in [0.717, 1.165) is 5.96 Å². The minimum absolute atomic E-state index is 0.256. The number of ether oxygens (including phenoxy) is 1. The summed E-state index contributed by atoms with van der Waals surface area (Å²) in [4.78, 5) is 8.66. The Bertz CT molecular complexity index is 309. The van der Waals surface area contributed by atoms with Crippen molar-refractivity contribution in [1.29, 1.82) is 0 Å². The Morgan fingerprint density at radius 3 is 2.05 bits per heavy atom. The highest BCUT2D eigenvalue weighted by Crippen LogP contribution is 2.38. The molecule has 19 heavy (non-hydrogen) atoms. The quantitative estimate of drug-likeness (QED) is 0.615. The topological polar surface area (TPSA) is 48.3 Å². The number of aliphatic imine (C=N–C) groups is 1. The second-order valence-corrected chi connectivity index (χ2v) is 6.43. The molecule has 0 radical (unpaired) electrons. The molecule has 112 valence electrons. The summed E-state index contributed by atoms with van der Waals surface area (Å²) in [5, 5.41) is 10.8. The van der Waals surface area contributed by atoms with Crippen molar-refractivity contribution >= 4 is 5.96 Å². The third-order valence-corrected chi connectivity index (χ3v) is 4.00. The number of hydrogen-bond donors (Lipinski definition) is 1. The maximum absolute atomic E-state index is 10.8. The molecule has 0 bridgehead atoms. The average Bonchev–Trinajstić information content (AvgIpc) is 2.28. The fourth-order valence-corrected chi connectivity index (χ4v) is 2.48. The van der Waals surface area contributed by atoms with Gasteiger partial charge in [0.2, 0.25) is 0 Å². The van der Waals surface area contributed by atoms with Crippen LogP contribution < -0.4 is 0 Å². The molecule has 1 N–H and O–H groups in total. The van der Waals surface area contributed by atoms with Crippen LogP contribution in [0.1, 0.15) is 26.7 Å². The molecule has 0 unspecified atom stereocenters. The molecule has 0 amide bonds. The van der Waals surface area contributed by atoms with Crippen LogP contribution in [0.25, 0.3) is 0 Å². The summed E-state index contributed by atoms with van der Waals surface area (Å²) >= 11 is 0. The summed E-state index contributed by atoms with van der Waals surface area (Å²) in [6.45, 7) is 6.06. The molecule has 1 saturated heterocycles. The minimum atomic E-state index is -0.682. The first-order valence-electron chi connectivity index (χ1n) is 6.89. The van der Waals surface area contributed by atoms with Gasteiger partial charge in [-0.2, -0.15) is 0 Å². The predicted molar refractivity (Wildman–Crippen MR) is 78.5 cm³/mol. The molecular weight excluding hydrogens is 242 g/mol. The molecular formula is C14H29N3O2. The molecule has 1 rings (SSSR count). The van der Waals surface area contributed by atoms with Crippen LogP contribution in [0.2, 0.25) is 0 Å². The first-order chi connectivity index (χ1) is 8.69. The minimum Gasteiger partial charge on any atom is -0.389 e. The van der Waals surface area contributed by atoms with Crippen molar-refractivity contribution in [3.63, 3.8) is 0 Å². The van der Waals surface area contributed by atoms with Crippen molar-refractivity contribution in [2.45, 2.75) is 32.3 Å². The van der Waals surface area contributed by atoms with Gasteiger partial charge in [0.1, 0.15) is 0 Å². The van der Waals surface area contributed by atoms with E-state index in [1.165, 1.54) is 0 Å². The smallest absolute Gasteiger partial charge is 0.195 e. The molecule has 1 fully saturated rings. The fraction of sp³-hybridized carbons (Fsp3) is 0.929. The van der Waals surface area contributed by atoms with Crippen LogP contribution >= 0.6 is 0 Å². The highest BCUT2D eigenvalue weighted by molar-refractivity contribution is 5.79. The third-order valence-electron chi connectivity index (χ3n) is 4.00. The number of hydrogen-bond acceptors (Lipinski definition) is 3. The van der Waals surface area contributed by atoms with E-state index in [1.54, 1.807) is 0 Å². The Balaban J connectivity index is 2.80. The average molecular weight is 271 g/mol. The molecule has 1 heterocycles. The number of guanidine groups is 1. The number of aliphatic hydroxyl groups is 1. The molecule has 0 aromatic carbocycles. The Hall–Kier alpha value is -0.810. The van der Waals surface area contributed by atoms with E-state index in [9.17, 15) is 5.11 Å². The van der Waals surface area contributed by atoms with Crippen LogP contribution in [-0.4, -0.2) is 74.4 Å². The zero-order valence-corrected chi connectivity index (χ0v) is 13.2. The second kappa shape index (κ2) is 6.09. The van der Waals surface area contributed by atoms with E-state index in [1.807, 2.05) is 38.0 Å². The van der Waals surface area contributed by atoms with Gasteiger partial charge in [0, 0.05) is 59.7 Å². The van der Waals surface area contributed by atoms with Gasteiger partial charge in [-0.3, -0.25) is 4.99 Å². The van der Waals surface area contributed by atoms with Gasteiger partial charge in [-0.15, -0.1) is 0 Å². The number of rotatable bonds is 3. The van der Waals surface area contributed by atoms with Crippen LogP contribution in [0.15, 0.2) is 4.99 Å². The molecule has 1 aliphatic rings. The molecule has 0 spiro atoms. The molecule has 0 aromatic rings. The van der Waals surface area contributed by atoms with E-state index in [-0.39, 0.29) is 5.41 Å². The highest BCUT2D eigenvalue weighted by Gasteiger charge is 2.44. The van der Waals surface area contributed by atoms with Crippen LogP contribution in [0.4, 0.5) is 0 Å². The molecule has 5 heteroatoms. The maximum atomic E-state index is 10.8. The Morgan fingerprint density at radius 1 is 1.16 bits per heavy atom. The lowest BCUT2D eigenvalue weighted by Crippen LogP contribution is -2.50. The molecule has 1 aliphatic heterocycles. The Labute approximate surface area is 117 Å². The van der Waals surface area contributed by atoms with Crippen molar-refractivity contribution in [3.05, 3.63) is 0 Å². The van der Waals surface area contributed by atoms with E-state index in [2.05, 4.69) is 18.8 Å². The Morgan fingerprint density at radius 2 is 1.63 bits per heavy atom. The summed E-state index contributed by atoms with van der Waals surface area (Å²) < 4.78 is 5.35. The monoisotopic (exact) mass is 271 g/mol. The van der Waals surface area contributed by atoms with Gasteiger partial charge >= 0.3 is 0 Å². The summed E-state index contributed by atoms with van der Waals surface area (Å²) in [5.41, 5.74) is -0.938. The van der Waals surface area contributed by atoms with Crippen molar-refractivity contribution in [2.24, 2.45) is 10.4 Å². The first-order valence-corrected chi connectivity index (χ1v) is 6.89. The Kier molecular flexibility index (Phi) is 5.21. The highest BCUT2D eigenvalue weighted by atomic mass is 16.5. The lowest BCUT2D eigenvalue weighted by atomic mass is 9.70. The SMILES string of the molecule is CN(C)C(=NCC(C)(C)C1(O)CCOCC1)N(C)C.